The number of aromatic nitrogens is 1. The summed E-state index contributed by atoms with van der Waals surface area (Å²) in [6.45, 7) is 6.28. The number of benzene rings is 1. The summed E-state index contributed by atoms with van der Waals surface area (Å²) in [6, 6.07) is 2.11. The van der Waals surface area contributed by atoms with Crippen molar-refractivity contribution < 1.29 is 4.42 Å². The third-order valence-electron chi connectivity index (χ3n) is 3.75. The molecule has 3 rings (SSSR count). The van der Waals surface area contributed by atoms with Gasteiger partial charge in [0.25, 0.3) is 0 Å². The number of aryl methyl sites for hydroxylation is 2. The van der Waals surface area contributed by atoms with Crippen LogP contribution in [0.3, 0.4) is 0 Å². The van der Waals surface area contributed by atoms with Crippen molar-refractivity contribution in [1.82, 2.24) is 10.3 Å². The minimum absolute atomic E-state index is 0.469. The molecular formula is C14H17BrN2O. The summed E-state index contributed by atoms with van der Waals surface area (Å²) >= 11 is 3.58. The van der Waals surface area contributed by atoms with Gasteiger partial charge in [-0.15, -0.1) is 0 Å². The zero-order chi connectivity index (χ0) is 12.7. The molecule has 1 aliphatic heterocycles. The van der Waals surface area contributed by atoms with Gasteiger partial charge >= 0.3 is 0 Å². The lowest BCUT2D eigenvalue weighted by atomic mass is 9.98. The number of hydrogen-bond acceptors (Lipinski definition) is 3. The maximum atomic E-state index is 6.01. The zero-order valence-corrected chi connectivity index (χ0v) is 12.3. The summed E-state index contributed by atoms with van der Waals surface area (Å²) in [5.41, 5.74) is 4.27. The summed E-state index contributed by atoms with van der Waals surface area (Å²) in [5, 5.41) is 3.37. The summed E-state index contributed by atoms with van der Waals surface area (Å²) in [5.74, 6) is 1.38. The van der Waals surface area contributed by atoms with Crippen LogP contribution in [-0.2, 0) is 0 Å². The van der Waals surface area contributed by atoms with Gasteiger partial charge in [0.1, 0.15) is 5.52 Å². The van der Waals surface area contributed by atoms with Crippen molar-refractivity contribution in [1.29, 1.82) is 0 Å². The highest BCUT2D eigenvalue weighted by Crippen LogP contribution is 2.33. The molecule has 2 heterocycles. The van der Waals surface area contributed by atoms with Crippen molar-refractivity contribution >= 4 is 27.0 Å². The number of hydrogen-bond donors (Lipinski definition) is 1. The fraction of sp³-hybridized carbons (Fsp3) is 0.500. The van der Waals surface area contributed by atoms with Gasteiger partial charge in [-0.05, 0) is 57.0 Å². The number of nitrogens with zero attached hydrogens (tertiary/aromatic N) is 1. The predicted molar refractivity (Wildman–Crippen MR) is 76.0 cm³/mol. The number of rotatable bonds is 1. The van der Waals surface area contributed by atoms with Crippen LogP contribution in [0.5, 0.6) is 0 Å². The Morgan fingerprint density at radius 2 is 2.06 bits per heavy atom. The van der Waals surface area contributed by atoms with E-state index in [0.29, 0.717) is 5.92 Å². The number of oxazole rings is 1. The van der Waals surface area contributed by atoms with Crippen LogP contribution in [0.15, 0.2) is 15.0 Å². The van der Waals surface area contributed by atoms with Gasteiger partial charge in [0.15, 0.2) is 11.5 Å². The Kier molecular flexibility index (Phi) is 3.16. The molecule has 0 radical (unpaired) electrons. The van der Waals surface area contributed by atoms with Gasteiger partial charge in [-0.2, -0.15) is 0 Å². The van der Waals surface area contributed by atoms with E-state index in [1.807, 2.05) is 0 Å². The highest BCUT2D eigenvalue weighted by atomic mass is 79.9. The van der Waals surface area contributed by atoms with Gasteiger partial charge in [-0.1, -0.05) is 15.9 Å². The van der Waals surface area contributed by atoms with Crippen LogP contribution in [0, 0.1) is 13.8 Å². The molecule has 0 unspecified atom stereocenters. The van der Waals surface area contributed by atoms with E-state index in [4.69, 9.17) is 9.40 Å². The van der Waals surface area contributed by atoms with E-state index >= 15 is 0 Å². The molecule has 1 aromatic heterocycles. The van der Waals surface area contributed by atoms with Crippen molar-refractivity contribution in [2.45, 2.75) is 32.6 Å². The first-order chi connectivity index (χ1) is 8.66. The van der Waals surface area contributed by atoms with E-state index in [-0.39, 0.29) is 0 Å². The molecule has 1 aliphatic rings. The van der Waals surface area contributed by atoms with Crippen LogP contribution in [0.4, 0.5) is 0 Å². The van der Waals surface area contributed by atoms with Crippen molar-refractivity contribution in [3.8, 4) is 0 Å². The molecule has 1 aromatic carbocycles. The van der Waals surface area contributed by atoms with E-state index in [1.165, 1.54) is 5.56 Å². The lowest BCUT2D eigenvalue weighted by molar-refractivity contribution is 0.385. The highest BCUT2D eigenvalue weighted by molar-refractivity contribution is 9.10. The molecule has 1 saturated heterocycles. The fourth-order valence-corrected chi connectivity index (χ4v) is 3.11. The third-order valence-corrected chi connectivity index (χ3v) is 4.57. The van der Waals surface area contributed by atoms with Crippen LogP contribution in [-0.4, -0.2) is 18.1 Å². The Balaban J connectivity index is 2.10. The van der Waals surface area contributed by atoms with Gasteiger partial charge in [0.2, 0.25) is 0 Å². The lowest BCUT2D eigenvalue weighted by Crippen LogP contribution is -2.26. The van der Waals surface area contributed by atoms with Gasteiger partial charge in [-0.3, -0.25) is 0 Å². The summed E-state index contributed by atoms with van der Waals surface area (Å²) in [6.07, 6.45) is 2.23. The first kappa shape index (κ1) is 12.2. The molecule has 0 spiro atoms. The molecule has 0 saturated carbocycles. The molecule has 0 aliphatic carbocycles. The summed E-state index contributed by atoms with van der Waals surface area (Å²) in [7, 11) is 0. The Morgan fingerprint density at radius 1 is 1.33 bits per heavy atom. The number of fused-ring (bicyclic) bond motifs is 1. The lowest BCUT2D eigenvalue weighted by Gasteiger charge is -2.19. The van der Waals surface area contributed by atoms with Crippen molar-refractivity contribution in [2.75, 3.05) is 13.1 Å². The molecule has 4 heteroatoms. The van der Waals surface area contributed by atoms with E-state index in [2.05, 4.69) is 41.2 Å². The molecule has 18 heavy (non-hydrogen) atoms. The van der Waals surface area contributed by atoms with Crippen molar-refractivity contribution in [2.24, 2.45) is 0 Å². The molecule has 3 nitrogen and oxygen atoms in total. The quantitative estimate of drug-likeness (QED) is 0.873. The Bertz CT molecular complexity index is 585. The topological polar surface area (TPSA) is 38.1 Å². The van der Waals surface area contributed by atoms with Crippen LogP contribution < -0.4 is 5.32 Å². The molecule has 96 valence electrons. The van der Waals surface area contributed by atoms with Gasteiger partial charge < -0.3 is 9.73 Å². The van der Waals surface area contributed by atoms with E-state index in [0.717, 1.165) is 53.0 Å². The SMILES string of the molecule is Cc1c(Br)cc(C)c2oc(C3CCNCC3)nc12. The molecule has 2 aromatic rings. The second-order valence-electron chi connectivity index (χ2n) is 5.05. The largest absolute Gasteiger partial charge is 0.440 e. The van der Waals surface area contributed by atoms with Crippen LogP contribution in [0.1, 0.15) is 35.8 Å². The highest BCUT2D eigenvalue weighted by Gasteiger charge is 2.22. The number of nitrogens with one attached hydrogen (secondary N) is 1. The van der Waals surface area contributed by atoms with Crippen LogP contribution in [0.2, 0.25) is 0 Å². The number of piperidine rings is 1. The molecule has 0 amide bonds. The average Bonchev–Trinajstić information content (AvgIpc) is 2.83. The Morgan fingerprint density at radius 3 is 2.78 bits per heavy atom. The molecule has 1 N–H and O–H groups in total. The normalized spacial score (nSPS) is 17.5. The molecule has 0 bridgehead atoms. The maximum Gasteiger partial charge on any atom is 0.198 e. The van der Waals surface area contributed by atoms with E-state index in [9.17, 15) is 0 Å². The second-order valence-corrected chi connectivity index (χ2v) is 5.91. The standard InChI is InChI=1S/C14H17BrN2O/c1-8-7-11(15)9(2)12-13(8)18-14(17-12)10-3-5-16-6-4-10/h7,10,16H,3-6H2,1-2H3. The summed E-state index contributed by atoms with van der Waals surface area (Å²) < 4.78 is 7.12. The Hall–Kier alpha value is -0.870. The van der Waals surface area contributed by atoms with Gasteiger partial charge in [-0.25, -0.2) is 4.98 Å². The smallest absolute Gasteiger partial charge is 0.198 e. The fourth-order valence-electron chi connectivity index (χ4n) is 2.58. The van der Waals surface area contributed by atoms with Crippen molar-refractivity contribution in [3.05, 3.63) is 27.6 Å². The second kappa shape index (κ2) is 4.67. The first-order valence-electron chi connectivity index (χ1n) is 6.43. The van der Waals surface area contributed by atoms with E-state index in [1.54, 1.807) is 0 Å². The maximum absolute atomic E-state index is 6.01. The Labute approximate surface area is 115 Å². The van der Waals surface area contributed by atoms with Crippen LogP contribution in [0.25, 0.3) is 11.1 Å². The monoisotopic (exact) mass is 308 g/mol. The average molecular weight is 309 g/mol. The van der Waals surface area contributed by atoms with Crippen LogP contribution >= 0.6 is 15.9 Å². The minimum Gasteiger partial charge on any atom is -0.440 e. The third kappa shape index (κ3) is 1.97. The number of halogens is 1. The minimum atomic E-state index is 0.469. The summed E-state index contributed by atoms with van der Waals surface area (Å²) in [4.78, 5) is 4.73. The first-order valence-corrected chi connectivity index (χ1v) is 7.23. The van der Waals surface area contributed by atoms with Crippen molar-refractivity contribution in [3.63, 3.8) is 0 Å². The predicted octanol–water partition coefficient (Wildman–Crippen LogP) is 3.67. The van der Waals surface area contributed by atoms with E-state index < -0.39 is 0 Å². The van der Waals surface area contributed by atoms with Gasteiger partial charge in [0.05, 0.1) is 0 Å². The van der Waals surface area contributed by atoms with Gasteiger partial charge in [0, 0.05) is 10.4 Å². The molecular weight excluding hydrogens is 292 g/mol. The molecule has 0 atom stereocenters. The zero-order valence-electron chi connectivity index (χ0n) is 10.7. The molecule has 1 fully saturated rings.